The Bertz CT molecular complexity index is 882. The summed E-state index contributed by atoms with van der Waals surface area (Å²) < 4.78 is 17.3. The second kappa shape index (κ2) is 7.50. The Morgan fingerprint density at radius 1 is 1.26 bits per heavy atom. The van der Waals surface area contributed by atoms with Crippen molar-refractivity contribution in [3.8, 4) is 23.4 Å². The second-order valence-corrected chi connectivity index (χ2v) is 6.35. The lowest BCUT2D eigenvalue weighted by atomic mass is 10.1. The molecule has 138 valence electrons. The number of piperidine rings is 1. The third kappa shape index (κ3) is 3.62. The van der Waals surface area contributed by atoms with Crippen LogP contribution in [-0.2, 0) is 4.79 Å². The number of carbonyl (C=O) groups is 1. The molecule has 1 aromatic heterocycles. The van der Waals surface area contributed by atoms with Gasteiger partial charge in [-0.3, -0.25) is 4.79 Å². The lowest BCUT2D eigenvalue weighted by Gasteiger charge is -2.35. The van der Waals surface area contributed by atoms with Gasteiger partial charge in [0.05, 0.1) is 6.54 Å². The van der Waals surface area contributed by atoms with Gasteiger partial charge in [0.2, 0.25) is 11.8 Å². The Balaban J connectivity index is 1.41. The van der Waals surface area contributed by atoms with Crippen LogP contribution in [0.5, 0.6) is 17.4 Å². The van der Waals surface area contributed by atoms with Crippen molar-refractivity contribution >= 4 is 5.91 Å². The fourth-order valence-electron chi connectivity index (χ4n) is 3.23. The van der Waals surface area contributed by atoms with Gasteiger partial charge in [-0.2, -0.15) is 5.26 Å². The maximum atomic E-state index is 12.9. The average Bonchev–Trinajstić information content (AvgIpc) is 2.73. The Labute approximate surface area is 156 Å². The van der Waals surface area contributed by atoms with Crippen molar-refractivity contribution in [3.63, 3.8) is 0 Å². The van der Waals surface area contributed by atoms with Crippen molar-refractivity contribution in [2.45, 2.75) is 25.0 Å². The fraction of sp³-hybridized carbons (Fsp3) is 0.368. The van der Waals surface area contributed by atoms with E-state index in [9.17, 15) is 4.79 Å². The van der Waals surface area contributed by atoms with E-state index in [2.05, 4.69) is 9.97 Å². The predicted octanol–water partition coefficient (Wildman–Crippen LogP) is 1.56. The van der Waals surface area contributed by atoms with Gasteiger partial charge >= 0.3 is 0 Å². The summed E-state index contributed by atoms with van der Waals surface area (Å²) in [6.07, 6.45) is 3.57. The minimum atomic E-state index is -0.676. The molecule has 0 aliphatic carbocycles. The first-order valence-electron chi connectivity index (χ1n) is 8.79. The molecule has 1 saturated heterocycles. The van der Waals surface area contributed by atoms with Crippen LogP contribution >= 0.6 is 0 Å². The third-order valence-corrected chi connectivity index (χ3v) is 4.52. The first-order valence-corrected chi connectivity index (χ1v) is 8.79. The van der Waals surface area contributed by atoms with Gasteiger partial charge in [-0.15, -0.1) is 0 Å². The van der Waals surface area contributed by atoms with Crippen molar-refractivity contribution < 1.29 is 19.0 Å². The van der Waals surface area contributed by atoms with E-state index in [-0.39, 0.29) is 30.2 Å². The van der Waals surface area contributed by atoms with Crippen molar-refractivity contribution in [1.82, 2.24) is 14.9 Å². The number of hydrogen-bond acceptors (Lipinski definition) is 7. The van der Waals surface area contributed by atoms with E-state index in [1.807, 2.05) is 24.3 Å². The number of nitriles is 1. The minimum absolute atomic E-state index is 0.127. The van der Waals surface area contributed by atoms with E-state index in [1.165, 1.54) is 12.4 Å². The van der Waals surface area contributed by atoms with E-state index >= 15 is 0 Å². The second-order valence-electron chi connectivity index (χ2n) is 6.35. The molecule has 0 saturated carbocycles. The molecule has 0 N–H and O–H groups in total. The van der Waals surface area contributed by atoms with Crippen molar-refractivity contribution in [2.75, 3.05) is 19.7 Å². The maximum Gasteiger partial charge on any atom is 0.267 e. The summed E-state index contributed by atoms with van der Waals surface area (Å²) in [6, 6.07) is 9.27. The Kier molecular flexibility index (Phi) is 4.75. The van der Waals surface area contributed by atoms with Crippen LogP contribution in [0.1, 0.15) is 18.5 Å². The van der Waals surface area contributed by atoms with Crippen molar-refractivity contribution in [1.29, 1.82) is 5.26 Å². The first-order chi connectivity index (χ1) is 13.2. The predicted molar refractivity (Wildman–Crippen MR) is 93.3 cm³/mol. The summed E-state index contributed by atoms with van der Waals surface area (Å²) in [5.74, 6) is 1.29. The zero-order valence-corrected chi connectivity index (χ0v) is 14.6. The molecule has 1 aromatic carbocycles. The van der Waals surface area contributed by atoms with Crippen LogP contribution < -0.4 is 14.2 Å². The molecule has 0 radical (unpaired) electrons. The summed E-state index contributed by atoms with van der Waals surface area (Å²) >= 11 is 0. The average molecular weight is 366 g/mol. The van der Waals surface area contributed by atoms with Gasteiger partial charge in [-0.05, 0) is 25.0 Å². The molecule has 3 heterocycles. The molecule has 1 fully saturated rings. The normalized spacial score (nSPS) is 21.2. The largest absolute Gasteiger partial charge is 0.485 e. The van der Waals surface area contributed by atoms with E-state index in [0.717, 1.165) is 12.8 Å². The number of nitrogens with zero attached hydrogens (tertiary/aromatic N) is 4. The van der Waals surface area contributed by atoms with Crippen LogP contribution in [0.4, 0.5) is 0 Å². The molecular formula is C19H18N4O4. The van der Waals surface area contributed by atoms with E-state index in [1.54, 1.807) is 11.0 Å². The molecule has 0 spiro atoms. The van der Waals surface area contributed by atoms with Gasteiger partial charge in [0.15, 0.2) is 11.5 Å². The number of ether oxygens (including phenoxy) is 3. The molecule has 27 heavy (non-hydrogen) atoms. The molecule has 4 rings (SSSR count). The lowest BCUT2D eigenvalue weighted by Crippen LogP contribution is -2.51. The van der Waals surface area contributed by atoms with Gasteiger partial charge in [-0.1, -0.05) is 12.1 Å². The highest BCUT2D eigenvalue weighted by molar-refractivity contribution is 5.82. The fourth-order valence-corrected chi connectivity index (χ4v) is 3.23. The number of aromatic nitrogens is 2. The molecular weight excluding hydrogens is 348 g/mol. The summed E-state index contributed by atoms with van der Waals surface area (Å²) in [6.45, 7) is 1.22. The molecule has 1 amide bonds. The Morgan fingerprint density at radius 3 is 2.93 bits per heavy atom. The summed E-state index contributed by atoms with van der Waals surface area (Å²) in [5, 5.41) is 9.11. The quantitative estimate of drug-likeness (QED) is 0.813. The van der Waals surface area contributed by atoms with Crippen LogP contribution in [-0.4, -0.2) is 52.7 Å². The number of para-hydroxylation sites is 2. The highest BCUT2D eigenvalue weighted by Gasteiger charge is 2.34. The molecule has 8 heteroatoms. The summed E-state index contributed by atoms with van der Waals surface area (Å²) in [7, 11) is 0. The van der Waals surface area contributed by atoms with Crippen LogP contribution in [0.3, 0.4) is 0 Å². The first kappa shape index (κ1) is 17.1. The SMILES string of the molecule is N#Cc1nccnc1O[C@@H]1CCCN(C(=O)[C@@H]2COc3ccccc3O2)C1. The highest BCUT2D eigenvalue weighted by Crippen LogP contribution is 2.31. The van der Waals surface area contributed by atoms with E-state index < -0.39 is 6.10 Å². The number of hydrogen-bond donors (Lipinski definition) is 0. The number of fused-ring (bicyclic) bond motifs is 1. The summed E-state index contributed by atoms with van der Waals surface area (Å²) in [4.78, 5) is 22.6. The monoisotopic (exact) mass is 366 g/mol. The smallest absolute Gasteiger partial charge is 0.267 e. The summed E-state index contributed by atoms with van der Waals surface area (Å²) in [5.41, 5.74) is 0.140. The van der Waals surface area contributed by atoms with Crippen molar-refractivity contribution in [2.24, 2.45) is 0 Å². The number of rotatable bonds is 3. The minimum Gasteiger partial charge on any atom is -0.485 e. The molecule has 0 unspecified atom stereocenters. The van der Waals surface area contributed by atoms with Crippen LogP contribution in [0.25, 0.3) is 0 Å². The molecule has 2 aliphatic heterocycles. The van der Waals surface area contributed by atoms with E-state index in [4.69, 9.17) is 19.5 Å². The molecule has 2 atom stereocenters. The van der Waals surface area contributed by atoms with E-state index in [0.29, 0.717) is 24.6 Å². The highest BCUT2D eigenvalue weighted by atomic mass is 16.6. The van der Waals surface area contributed by atoms with Gasteiger partial charge < -0.3 is 19.1 Å². The Morgan fingerprint density at radius 2 is 2.07 bits per heavy atom. The number of amides is 1. The van der Waals surface area contributed by atoms with Crippen LogP contribution in [0.2, 0.25) is 0 Å². The maximum absolute atomic E-state index is 12.9. The van der Waals surface area contributed by atoms with Crippen LogP contribution in [0.15, 0.2) is 36.7 Å². The molecule has 2 aliphatic rings. The van der Waals surface area contributed by atoms with Crippen LogP contribution in [0, 0.1) is 11.3 Å². The standard InChI is InChI=1S/C19H18N4O4/c20-10-14-18(22-8-7-21-14)26-13-4-3-9-23(11-13)19(24)17-12-25-15-5-1-2-6-16(15)27-17/h1-2,5-8,13,17H,3-4,9,11-12H2/t13-,17+/m1/s1. The lowest BCUT2D eigenvalue weighted by molar-refractivity contribution is -0.143. The topological polar surface area (TPSA) is 97.6 Å². The zero-order valence-electron chi connectivity index (χ0n) is 14.6. The number of carbonyl (C=O) groups excluding carboxylic acids is 1. The molecule has 8 nitrogen and oxygen atoms in total. The number of likely N-dealkylation sites (tertiary alicyclic amines) is 1. The molecule has 2 aromatic rings. The Hall–Kier alpha value is -3.34. The van der Waals surface area contributed by atoms with Gasteiger partial charge in [-0.25, -0.2) is 9.97 Å². The zero-order chi connectivity index (χ0) is 18.6. The molecule has 0 bridgehead atoms. The third-order valence-electron chi connectivity index (χ3n) is 4.52. The van der Waals surface area contributed by atoms with Gasteiger partial charge in [0.1, 0.15) is 18.8 Å². The van der Waals surface area contributed by atoms with Gasteiger partial charge in [0, 0.05) is 18.9 Å². The van der Waals surface area contributed by atoms with Gasteiger partial charge in [0.25, 0.3) is 11.8 Å². The van der Waals surface area contributed by atoms with Crippen molar-refractivity contribution in [3.05, 3.63) is 42.4 Å². The number of benzene rings is 1.